The third-order valence-electron chi connectivity index (χ3n) is 2.59. The van der Waals surface area contributed by atoms with Crippen LogP contribution in [0.25, 0.3) is 0 Å². The Morgan fingerprint density at radius 2 is 2.21 bits per heavy atom. The Bertz CT molecular complexity index is 605. The molecule has 0 aliphatic rings. The number of rotatable bonds is 4. The number of nitrogens with one attached hydrogen (secondary N) is 1. The maximum Gasteiger partial charge on any atom is 0.212 e. The van der Waals surface area contributed by atoms with E-state index in [0.29, 0.717) is 23.0 Å². The molecule has 19 heavy (non-hydrogen) atoms. The van der Waals surface area contributed by atoms with Gasteiger partial charge in [0.05, 0.1) is 29.5 Å². The summed E-state index contributed by atoms with van der Waals surface area (Å²) in [6.07, 6.45) is 1.73. The van der Waals surface area contributed by atoms with Gasteiger partial charge in [-0.1, -0.05) is 17.7 Å². The van der Waals surface area contributed by atoms with E-state index in [1.165, 1.54) is 0 Å². The number of methoxy groups -OCH3 is 1. The van der Waals surface area contributed by atoms with E-state index in [1.807, 2.05) is 6.07 Å². The molecule has 0 saturated carbocycles. The lowest BCUT2D eigenvalue weighted by molar-refractivity contribution is 0.397. The summed E-state index contributed by atoms with van der Waals surface area (Å²) in [5.41, 5.74) is 2.30. The zero-order chi connectivity index (χ0) is 13.7. The van der Waals surface area contributed by atoms with E-state index in [4.69, 9.17) is 21.6 Å². The van der Waals surface area contributed by atoms with Crippen molar-refractivity contribution >= 4 is 17.3 Å². The largest absolute Gasteiger partial charge is 0.481 e. The fourth-order valence-electron chi connectivity index (χ4n) is 1.56. The van der Waals surface area contributed by atoms with Crippen LogP contribution in [0.4, 0.5) is 5.69 Å². The summed E-state index contributed by atoms with van der Waals surface area (Å²) in [4.78, 5) is 4.12. The molecule has 0 bridgehead atoms. The van der Waals surface area contributed by atoms with Crippen molar-refractivity contribution in [3.8, 4) is 11.9 Å². The molecule has 1 aromatic heterocycles. The molecule has 0 radical (unpaired) electrons. The number of hydrogen-bond acceptors (Lipinski definition) is 4. The molecule has 0 aliphatic heterocycles. The molecule has 0 aliphatic carbocycles. The summed E-state index contributed by atoms with van der Waals surface area (Å²) in [5, 5.41) is 12.6. The molecule has 1 heterocycles. The minimum Gasteiger partial charge on any atom is -0.481 e. The maximum absolute atomic E-state index is 8.85. The number of nitriles is 1. The molecule has 96 valence electrons. The van der Waals surface area contributed by atoms with Crippen molar-refractivity contribution in [1.82, 2.24) is 4.98 Å². The van der Waals surface area contributed by atoms with Crippen LogP contribution in [0.15, 0.2) is 36.5 Å². The number of ether oxygens (including phenoxy) is 1. The predicted octanol–water partition coefficient (Wildman–Crippen LogP) is 3.23. The zero-order valence-electron chi connectivity index (χ0n) is 10.4. The van der Waals surface area contributed by atoms with Gasteiger partial charge in [0.15, 0.2) is 0 Å². The highest BCUT2D eigenvalue weighted by molar-refractivity contribution is 6.33. The third kappa shape index (κ3) is 3.36. The monoisotopic (exact) mass is 273 g/mol. The minimum atomic E-state index is 0.569. The lowest BCUT2D eigenvalue weighted by Gasteiger charge is -2.09. The molecular formula is C14H12ClN3O. The average molecular weight is 274 g/mol. The first-order valence-corrected chi connectivity index (χ1v) is 6.03. The van der Waals surface area contributed by atoms with Gasteiger partial charge in [-0.3, -0.25) is 0 Å². The lowest BCUT2D eigenvalue weighted by atomic mass is 10.2. The number of halogens is 1. The van der Waals surface area contributed by atoms with Crippen molar-refractivity contribution in [3.63, 3.8) is 0 Å². The van der Waals surface area contributed by atoms with Crippen molar-refractivity contribution < 1.29 is 4.74 Å². The molecular weight excluding hydrogens is 262 g/mol. The van der Waals surface area contributed by atoms with Crippen LogP contribution in [0, 0.1) is 11.3 Å². The first kappa shape index (κ1) is 13.2. The minimum absolute atomic E-state index is 0.569. The zero-order valence-corrected chi connectivity index (χ0v) is 11.1. The summed E-state index contributed by atoms with van der Waals surface area (Å²) < 4.78 is 4.99. The predicted molar refractivity (Wildman–Crippen MR) is 74.3 cm³/mol. The number of pyridine rings is 1. The van der Waals surface area contributed by atoms with Crippen molar-refractivity contribution in [2.75, 3.05) is 12.4 Å². The maximum atomic E-state index is 8.85. The van der Waals surface area contributed by atoms with E-state index >= 15 is 0 Å². The number of aromatic nitrogens is 1. The molecule has 0 amide bonds. The van der Waals surface area contributed by atoms with Crippen LogP contribution < -0.4 is 10.1 Å². The van der Waals surface area contributed by atoms with Gasteiger partial charge in [-0.05, 0) is 23.8 Å². The lowest BCUT2D eigenvalue weighted by Crippen LogP contribution is -2.01. The molecule has 1 aromatic carbocycles. The van der Waals surface area contributed by atoms with Gasteiger partial charge in [0, 0.05) is 18.8 Å². The normalized spacial score (nSPS) is 9.74. The van der Waals surface area contributed by atoms with Gasteiger partial charge in [0.2, 0.25) is 5.88 Å². The van der Waals surface area contributed by atoms with Crippen LogP contribution in [0.3, 0.4) is 0 Å². The van der Waals surface area contributed by atoms with E-state index in [0.717, 1.165) is 11.3 Å². The number of hydrogen-bond donors (Lipinski definition) is 1. The molecule has 0 saturated heterocycles. The molecule has 0 spiro atoms. The van der Waals surface area contributed by atoms with Gasteiger partial charge in [-0.2, -0.15) is 5.26 Å². The summed E-state index contributed by atoms with van der Waals surface area (Å²) >= 11 is 6.06. The van der Waals surface area contributed by atoms with Gasteiger partial charge >= 0.3 is 0 Å². The summed E-state index contributed by atoms with van der Waals surface area (Å²) in [7, 11) is 1.58. The third-order valence-corrected chi connectivity index (χ3v) is 2.91. The molecule has 5 heteroatoms. The van der Waals surface area contributed by atoms with Crippen molar-refractivity contribution in [1.29, 1.82) is 5.26 Å². The van der Waals surface area contributed by atoms with E-state index in [9.17, 15) is 0 Å². The SMILES string of the molecule is COc1ccc(CNc2cc(C#N)ccc2Cl)cn1. The topological polar surface area (TPSA) is 57.9 Å². The highest BCUT2D eigenvalue weighted by Crippen LogP contribution is 2.23. The van der Waals surface area contributed by atoms with Crippen LogP contribution in [-0.2, 0) is 6.54 Å². The molecule has 2 rings (SSSR count). The number of anilines is 1. The number of benzene rings is 1. The Morgan fingerprint density at radius 3 is 2.84 bits per heavy atom. The highest BCUT2D eigenvalue weighted by atomic mass is 35.5. The first-order valence-electron chi connectivity index (χ1n) is 5.65. The molecule has 0 fully saturated rings. The molecule has 0 atom stereocenters. The first-order chi connectivity index (χ1) is 9.22. The Balaban J connectivity index is 2.07. The van der Waals surface area contributed by atoms with Gasteiger partial charge in [0.1, 0.15) is 0 Å². The van der Waals surface area contributed by atoms with Crippen LogP contribution in [0.5, 0.6) is 5.88 Å². The highest BCUT2D eigenvalue weighted by Gasteiger charge is 2.02. The Morgan fingerprint density at radius 1 is 1.37 bits per heavy atom. The van der Waals surface area contributed by atoms with Gasteiger partial charge in [-0.15, -0.1) is 0 Å². The Kier molecular flexibility index (Phi) is 4.22. The second-order valence-electron chi connectivity index (χ2n) is 3.87. The standard InChI is InChI=1S/C14H12ClN3O/c1-19-14-5-3-11(9-18-14)8-17-13-6-10(7-16)2-4-12(13)15/h2-6,9,17H,8H2,1H3. The van der Waals surface area contributed by atoms with Crippen LogP contribution >= 0.6 is 11.6 Å². The van der Waals surface area contributed by atoms with Crippen molar-refractivity contribution in [2.24, 2.45) is 0 Å². The molecule has 0 unspecified atom stereocenters. The van der Waals surface area contributed by atoms with E-state index < -0.39 is 0 Å². The quantitative estimate of drug-likeness (QED) is 0.929. The van der Waals surface area contributed by atoms with Crippen LogP contribution in [-0.4, -0.2) is 12.1 Å². The van der Waals surface area contributed by atoms with Crippen molar-refractivity contribution in [2.45, 2.75) is 6.54 Å². The summed E-state index contributed by atoms with van der Waals surface area (Å²) in [6.45, 7) is 0.575. The van der Waals surface area contributed by atoms with E-state index in [1.54, 1.807) is 37.6 Å². The van der Waals surface area contributed by atoms with Gasteiger partial charge in [0.25, 0.3) is 0 Å². The fourth-order valence-corrected chi connectivity index (χ4v) is 1.75. The Labute approximate surface area is 116 Å². The van der Waals surface area contributed by atoms with Crippen molar-refractivity contribution in [3.05, 3.63) is 52.7 Å². The molecule has 1 N–H and O–H groups in total. The van der Waals surface area contributed by atoms with E-state index in [-0.39, 0.29) is 0 Å². The molecule has 2 aromatic rings. The van der Waals surface area contributed by atoms with E-state index in [2.05, 4.69) is 16.4 Å². The fraction of sp³-hybridized carbons (Fsp3) is 0.143. The van der Waals surface area contributed by atoms with Crippen LogP contribution in [0.1, 0.15) is 11.1 Å². The second kappa shape index (κ2) is 6.07. The summed E-state index contributed by atoms with van der Waals surface area (Å²) in [5.74, 6) is 0.577. The average Bonchev–Trinajstić information content (AvgIpc) is 2.47. The Hall–Kier alpha value is -2.25. The second-order valence-corrected chi connectivity index (χ2v) is 4.28. The smallest absolute Gasteiger partial charge is 0.212 e. The molecule has 4 nitrogen and oxygen atoms in total. The summed E-state index contributed by atoms with van der Waals surface area (Å²) in [6, 6.07) is 10.9. The van der Waals surface area contributed by atoms with Gasteiger partial charge in [-0.25, -0.2) is 4.98 Å². The van der Waals surface area contributed by atoms with Gasteiger partial charge < -0.3 is 10.1 Å². The number of nitrogens with zero attached hydrogens (tertiary/aromatic N) is 2. The van der Waals surface area contributed by atoms with Crippen LogP contribution in [0.2, 0.25) is 5.02 Å².